The summed E-state index contributed by atoms with van der Waals surface area (Å²) in [5, 5.41) is 0. The summed E-state index contributed by atoms with van der Waals surface area (Å²) in [5.41, 5.74) is 0.996. The summed E-state index contributed by atoms with van der Waals surface area (Å²) in [7, 11) is 1.88. The fourth-order valence-electron chi connectivity index (χ4n) is 0.958. The third kappa shape index (κ3) is 3.08. The maximum atomic E-state index is 10.9. The molecule has 6 heteroatoms. The van der Waals surface area contributed by atoms with Crippen molar-refractivity contribution in [2.45, 2.75) is 12.8 Å². The van der Waals surface area contributed by atoms with E-state index in [4.69, 9.17) is 0 Å². The summed E-state index contributed by atoms with van der Waals surface area (Å²) in [6.07, 6.45) is 4.34. The first-order chi connectivity index (χ1) is 6.24. The lowest BCUT2D eigenvalue weighted by molar-refractivity contribution is -0.146. The van der Waals surface area contributed by atoms with E-state index in [-0.39, 0.29) is 5.97 Å². The van der Waals surface area contributed by atoms with E-state index >= 15 is 0 Å². The van der Waals surface area contributed by atoms with Gasteiger partial charge in [-0.3, -0.25) is 4.79 Å². The summed E-state index contributed by atoms with van der Waals surface area (Å²) >= 11 is 3.54. The minimum Gasteiger partial charge on any atom is -0.360 e. The Hall–Kier alpha value is -1.01. The van der Waals surface area contributed by atoms with Crippen molar-refractivity contribution in [3.05, 3.63) is 18.2 Å². The lowest BCUT2D eigenvalue weighted by Gasteiger charge is -2.01. The number of carbonyl (C=O) groups excluding carboxylic acids is 1. The van der Waals surface area contributed by atoms with Crippen molar-refractivity contribution in [1.29, 1.82) is 0 Å². The second kappa shape index (κ2) is 4.88. The van der Waals surface area contributed by atoms with E-state index in [9.17, 15) is 4.79 Å². The number of hydrogen-bond donors (Lipinski definition) is 2. The molecule has 13 heavy (non-hydrogen) atoms. The van der Waals surface area contributed by atoms with Gasteiger partial charge in [0.2, 0.25) is 0 Å². The average Bonchev–Trinajstić information content (AvgIpc) is 2.48. The molecule has 0 saturated carbocycles. The van der Waals surface area contributed by atoms with Crippen LogP contribution in [0, 0.1) is 0 Å². The molecule has 1 rings (SSSR count). The van der Waals surface area contributed by atoms with Gasteiger partial charge in [-0.1, -0.05) is 17.7 Å². The van der Waals surface area contributed by atoms with Gasteiger partial charge < -0.3 is 9.40 Å². The Kier molecular flexibility index (Phi) is 3.78. The Bertz CT molecular complexity index is 287. The zero-order chi connectivity index (χ0) is 9.68. The molecule has 0 saturated heterocycles. The van der Waals surface area contributed by atoms with Gasteiger partial charge in [0.1, 0.15) is 0 Å². The number of carbonyl (C=O) groups is 1. The molecule has 0 fully saturated rings. The summed E-state index contributed by atoms with van der Waals surface area (Å²) in [4.78, 5) is 21.3. The van der Waals surface area contributed by atoms with E-state index in [0.29, 0.717) is 12.8 Å². The predicted molar refractivity (Wildman–Crippen MR) is 49.7 cm³/mol. The molecule has 5 nitrogen and oxygen atoms in total. The molecule has 1 aromatic heterocycles. The zero-order valence-electron chi connectivity index (χ0n) is 7.23. The molecule has 1 heterocycles. The second-order valence-corrected chi connectivity index (χ2v) is 2.74. The maximum Gasteiger partial charge on any atom is 0.326 e. The molecule has 0 spiro atoms. The van der Waals surface area contributed by atoms with Crippen molar-refractivity contribution in [1.82, 2.24) is 14.4 Å². The number of imidazole rings is 1. The fraction of sp³-hybridized carbons (Fsp3) is 0.429. The normalized spacial score (nSPS) is 10.0. The molecule has 0 aliphatic heterocycles. The zero-order valence-corrected chi connectivity index (χ0v) is 8.12. The van der Waals surface area contributed by atoms with E-state index in [1.807, 2.05) is 16.5 Å². The Labute approximate surface area is 81.6 Å². The number of aryl methyl sites for hydroxylation is 2. The summed E-state index contributed by atoms with van der Waals surface area (Å²) in [6.45, 7) is 0. The largest absolute Gasteiger partial charge is 0.360 e. The van der Waals surface area contributed by atoms with Crippen molar-refractivity contribution in [2.75, 3.05) is 0 Å². The summed E-state index contributed by atoms with van der Waals surface area (Å²) < 4.78 is 1.86. The monoisotopic (exact) mass is 201 g/mol. The number of aromatic nitrogens is 2. The van der Waals surface area contributed by atoms with Gasteiger partial charge in [0.05, 0.1) is 12.7 Å². The van der Waals surface area contributed by atoms with Crippen LogP contribution in [-0.4, -0.2) is 15.5 Å². The highest BCUT2D eigenvalue weighted by Gasteiger charge is 2.04. The van der Waals surface area contributed by atoms with Crippen molar-refractivity contribution in [3.8, 4) is 0 Å². The van der Waals surface area contributed by atoms with E-state index in [1.165, 1.54) is 0 Å². The van der Waals surface area contributed by atoms with Crippen molar-refractivity contribution >= 4 is 18.8 Å². The standard InChI is InChI=1S/C7H11N3O2S/c1-10-5-8-4-6(10)2-3-7(11)12-9-13/h4-5,9,13H,2-3H2,1H3. The SMILES string of the molecule is Cn1cncc1CCC(=O)ONS. The lowest BCUT2D eigenvalue weighted by Crippen LogP contribution is -2.12. The fourth-order valence-corrected chi connectivity index (χ4v) is 1.06. The highest BCUT2D eigenvalue weighted by molar-refractivity contribution is 7.77. The first-order valence-corrected chi connectivity index (χ1v) is 4.22. The van der Waals surface area contributed by atoms with Gasteiger partial charge in [0.25, 0.3) is 0 Å². The summed E-state index contributed by atoms with van der Waals surface area (Å²) in [6, 6.07) is 0. The Balaban J connectivity index is 2.35. The van der Waals surface area contributed by atoms with Crippen LogP contribution >= 0.6 is 12.8 Å². The van der Waals surface area contributed by atoms with E-state index in [0.717, 1.165) is 5.69 Å². The van der Waals surface area contributed by atoms with Gasteiger partial charge >= 0.3 is 5.97 Å². The number of thiol groups is 1. The van der Waals surface area contributed by atoms with Gasteiger partial charge in [0, 0.05) is 18.9 Å². The van der Waals surface area contributed by atoms with Gasteiger partial charge in [0.15, 0.2) is 0 Å². The van der Waals surface area contributed by atoms with Crippen molar-refractivity contribution in [3.63, 3.8) is 0 Å². The smallest absolute Gasteiger partial charge is 0.326 e. The van der Waals surface area contributed by atoms with Crippen LogP contribution in [0.3, 0.4) is 0 Å². The lowest BCUT2D eigenvalue weighted by atomic mass is 10.2. The molecule has 0 aromatic carbocycles. The van der Waals surface area contributed by atoms with E-state index in [1.54, 1.807) is 12.5 Å². The highest BCUT2D eigenvalue weighted by atomic mass is 32.1. The van der Waals surface area contributed by atoms with Crippen LogP contribution in [0.2, 0.25) is 0 Å². The van der Waals surface area contributed by atoms with Crippen molar-refractivity contribution < 1.29 is 9.63 Å². The molecule has 72 valence electrons. The van der Waals surface area contributed by atoms with Crippen LogP contribution in [0.1, 0.15) is 12.1 Å². The number of nitrogens with zero attached hydrogens (tertiary/aromatic N) is 2. The molecule has 1 aromatic rings. The van der Waals surface area contributed by atoms with Crippen LogP contribution < -0.4 is 4.89 Å². The minimum atomic E-state index is -0.337. The Morgan fingerprint density at radius 1 is 1.85 bits per heavy atom. The van der Waals surface area contributed by atoms with Gasteiger partial charge in [-0.2, -0.15) is 0 Å². The number of rotatable bonds is 4. The van der Waals surface area contributed by atoms with Gasteiger partial charge in [-0.05, 0) is 6.42 Å². The maximum absolute atomic E-state index is 10.9. The number of nitrogens with one attached hydrogen (secondary N) is 1. The van der Waals surface area contributed by atoms with Gasteiger partial charge in [-0.25, -0.2) is 4.98 Å². The van der Waals surface area contributed by atoms with Crippen LogP contribution in [0.4, 0.5) is 0 Å². The molecular formula is C7H11N3O2S. The van der Waals surface area contributed by atoms with Crippen LogP contribution in [0.5, 0.6) is 0 Å². The first-order valence-electron chi connectivity index (χ1n) is 3.78. The minimum absolute atomic E-state index is 0.313. The van der Waals surface area contributed by atoms with Crippen molar-refractivity contribution in [2.24, 2.45) is 7.05 Å². The van der Waals surface area contributed by atoms with Crippen LogP contribution in [0.15, 0.2) is 12.5 Å². The summed E-state index contributed by atoms with van der Waals surface area (Å²) in [5.74, 6) is -0.337. The predicted octanol–water partition coefficient (Wildman–Crippen LogP) is 0.245. The van der Waals surface area contributed by atoms with E-state index in [2.05, 4.69) is 22.6 Å². The first kappa shape index (κ1) is 10.1. The molecule has 1 N–H and O–H groups in total. The van der Waals surface area contributed by atoms with Gasteiger partial charge in [-0.15, -0.1) is 0 Å². The second-order valence-electron chi connectivity index (χ2n) is 2.56. The highest BCUT2D eigenvalue weighted by Crippen LogP contribution is 2.01. The average molecular weight is 201 g/mol. The Morgan fingerprint density at radius 3 is 3.15 bits per heavy atom. The molecule has 0 aliphatic rings. The quantitative estimate of drug-likeness (QED) is 0.541. The van der Waals surface area contributed by atoms with E-state index < -0.39 is 0 Å². The molecule has 0 unspecified atom stereocenters. The molecular weight excluding hydrogens is 190 g/mol. The molecule has 0 atom stereocenters. The molecule has 0 amide bonds. The molecule has 0 bridgehead atoms. The number of hydrogen-bond acceptors (Lipinski definition) is 5. The topological polar surface area (TPSA) is 56.2 Å². The molecule has 0 radical (unpaired) electrons. The van der Waals surface area contributed by atoms with Crippen LogP contribution in [0.25, 0.3) is 0 Å². The third-order valence-electron chi connectivity index (χ3n) is 1.66. The van der Waals surface area contributed by atoms with Crippen LogP contribution in [-0.2, 0) is 23.1 Å². The third-order valence-corrected chi connectivity index (χ3v) is 1.75. The Morgan fingerprint density at radius 2 is 2.62 bits per heavy atom. The molecule has 0 aliphatic carbocycles.